The van der Waals surface area contributed by atoms with Crippen LogP contribution in [-0.2, 0) is 14.3 Å². The van der Waals surface area contributed by atoms with E-state index < -0.39 is 0 Å². The van der Waals surface area contributed by atoms with Crippen molar-refractivity contribution < 1.29 is 14.3 Å². The maximum Gasteiger partial charge on any atom is 0.347 e. The van der Waals surface area contributed by atoms with Crippen LogP contribution in [0.3, 0.4) is 0 Å². The molecule has 1 heterocycles. The van der Waals surface area contributed by atoms with Gasteiger partial charge in [-0.3, -0.25) is 0 Å². The van der Waals surface area contributed by atoms with Crippen LogP contribution in [0.25, 0.3) is 0 Å². The van der Waals surface area contributed by atoms with Gasteiger partial charge in [0.1, 0.15) is 16.8 Å². The van der Waals surface area contributed by atoms with Crippen molar-refractivity contribution in [1.29, 1.82) is 0 Å². The molecule has 4 heteroatoms. The average molecular weight is 228 g/mol. The molecule has 0 unspecified atom stereocenters. The fourth-order valence-electron chi connectivity index (χ4n) is 2.13. The number of rotatable bonds is 1. The van der Waals surface area contributed by atoms with Crippen LogP contribution in [0.2, 0.25) is 0 Å². The van der Waals surface area contributed by atoms with Gasteiger partial charge in [-0.15, -0.1) is 11.8 Å². The largest absolute Gasteiger partial charge is 0.492 e. The van der Waals surface area contributed by atoms with E-state index in [0.717, 1.165) is 18.6 Å². The second-order valence-corrected chi connectivity index (χ2v) is 5.22. The molecule has 2 aliphatic rings. The van der Waals surface area contributed by atoms with Gasteiger partial charge in [-0.25, -0.2) is 4.79 Å². The molecule has 15 heavy (non-hydrogen) atoms. The van der Waals surface area contributed by atoms with Crippen molar-refractivity contribution in [2.24, 2.45) is 0 Å². The van der Waals surface area contributed by atoms with Crippen molar-refractivity contribution >= 4 is 17.7 Å². The van der Waals surface area contributed by atoms with Gasteiger partial charge < -0.3 is 9.47 Å². The molecule has 0 bridgehead atoms. The van der Waals surface area contributed by atoms with Crippen LogP contribution in [0.15, 0.2) is 10.7 Å². The molecule has 1 aliphatic heterocycles. The Morgan fingerprint density at radius 1 is 1.47 bits per heavy atom. The van der Waals surface area contributed by atoms with Gasteiger partial charge in [-0.2, -0.15) is 0 Å². The second-order valence-electron chi connectivity index (χ2n) is 3.97. The van der Waals surface area contributed by atoms with Gasteiger partial charge in [0.2, 0.25) is 0 Å². The highest BCUT2D eigenvalue weighted by molar-refractivity contribution is 8.04. The Hall–Kier alpha value is -0.640. The zero-order valence-electron chi connectivity index (χ0n) is 9.12. The lowest BCUT2D eigenvalue weighted by Gasteiger charge is -2.36. The first-order chi connectivity index (χ1) is 7.22. The molecule has 0 aromatic heterocycles. The van der Waals surface area contributed by atoms with Gasteiger partial charge >= 0.3 is 5.97 Å². The number of hydrogen-bond donors (Lipinski definition) is 0. The third kappa shape index (κ3) is 2.14. The van der Waals surface area contributed by atoms with Crippen molar-refractivity contribution in [2.75, 3.05) is 7.11 Å². The van der Waals surface area contributed by atoms with E-state index in [1.807, 2.05) is 6.92 Å². The van der Waals surface area contributed by atoms with E-state index in [-0.39, 0.29) is 5.97 Å². The minimum absolute atomic E-state index is 0.262. The first-order valence-electron chi connectivity index (χ1n) is 5.35. The lowest BCUT2D eigenvalue weighted by Crippen LogP contribution is -2.34. The summed E-state index contributed by atoms with van der Waals surface area (Å²) in [6.07, 6.45) is 5.04. The highest BCUT2D eigenvalue weighted by Crippen LogP contribution is 2.41. The Kier molecular flexibility index (Phi) is 3.24. The quantitative estimate of drug-likeness (QED) is 0.646. The summed E-state index contributed by atoms with van der Waals surface area (Å²) in [5, 5.41) is 0.441. The van der Waals surface area contributed by atoms with Crippen molar-refractivity contribution in [3.8, 4) is 0 Å². The molecular formula is C11H16O3S. The fourth-order valence-corrected chi connectivity index (χ4v) is 3.46. The number of hydrogen-bond acceptors (Lipinski definition) is 4. The molecule has 0 radical (unpaired) electrons. The summed E-state index contributed by atoms with van der Waals surface area (Å²) in [6.45, 7) is 1.85. The number of thioether (sulfide) groups is 1. The zero-order valence-corrected chi connectivity index (χ0v) is 9.93. The molecule has 1 fully saturated rings. The molecule has 0 aromatic carbocycles. The van der Waals surface area contributed by atoms with E-state index in [4.69, 9.17) is 9.47 Å². The van der Waals surface area contributed by atoms with Gasteiger partial charge in [0, 0.05) is 5.25 Å². The predicted octanol–water partition coefficient (Wildman–Crippen LogP) is 2.47. The number of carbonyl (C=O) groups excluding carboxylic acids is 1. The first kappa shape index (κ1) is 10.9. The lowest BCUT2D eigenvalue weighted by molar-refractivity contribution is -0.135. The van der Waals surface area contributed by atoms with Crippen molar-refractivity contribution in [2.45, 2.75) is 44.0 Å². The fraction of sp³-hybridized carbons (Fsp3) is 0.727. The molecule has 1 aliphatic carbocycles. The minimum Gasteiger partial charge on any atom is -0.492 e. The highest BCUT2D eigenvalue weighted by atomic mass is 32.2. The summed E-state index contributed by atoms with van der Waals surface area (Å²) in [6, 6.07) is 0. The first-order valence-corrected chi connectivity index (χ1v) is 6.23. The van der Waals surface area contributed by atoms with Crippen molar-refractivity contribution in [1.82, 2.24) is 0 Å². The SMILES string of the molecule is COC(=O)C1=C(C)O[C@@H]2CCCC[C@H]2S1. The number of ether oxygens (including phenoxy) is 2. The van der Waals surface area contributed by atoms with Gasteiger partial charge in [-0.1, -0.05) is 6.42 Å². The van der Waals surface area contributed by atoms with E-state index in [9.17, 15) is 4.79 Å². The normalized spacial score (nSPS) is 30.5. The minimum atomic E-state index is -0.262. The Labute approximate surface area is 94.2 Å². The average Bonchev–Trinajstić information content (AvgIpc) is 2.27. The molecule has 0 amide bonds. The Morgan fingerprint density at radius 3 is 2.93 bits per heavy atom. The Balaban J connectivity index is 2.15. The van der Waals surface area contributed by atoms with Crippen LogP contribution in [0, 0.1) is 0 Å². The number of esters is 1. The molecule has 84 valence electrons. The van der Waals surface area contributed by atoms with Crippen LogP contribution in [0.1, 0.15) is 32.6 Å². The molecule has 0 N–H and O–H groups in total. The van der Waals surface area contributed by atoms with Crippen LogP contribution >= 0.6 is 11.8 Å². The summed E-state index contributed by atoms with van der Waals surface area (Å²) < 4.78 is 10.5. The van der Waals surface area contributed by atoms with E-state index in [1.54, 1.807) is 11.8 Å². The third-order valence-corrected chi connectivity index (χ3v) is 4.46. The maximum absolute atomic E-state index is 11.5. The summed E-state index contributed by atoms with van der Waals surface area (Å²) in [7, 11) is 1.41. The predicted molar refractivity (Wildman–Crippen MR) is 59.4 cm³/mol. The van der Waals surface area contributed by atoms with E-state index in [2.05, 4.69) is 0 Å². The standard InChI is InChI=1S/C11H16O3S/c1-7-10(11(12)13-2)15-9-6-4-3-5-8(9)14-7/h8-9H,3-6H2,1-2H3/t8-,9-/m1/s1. The monoisotopic (exact) mass is 228 g/mol. The summed E-state index contributed by atoms with van der Waals surface area (Å²) in [5.41, 5.74) is 0. The topological polar surface area (TPSA) is 35.5 Å². The summed E-state index contributed by atoms with van der Waals surface area (Å²) in [4.78, 5) is 12.1. The van der Waals surface area contributed by atoms with Crippen LogP contribution in [-0.4, -0.2) is 24.4 Å². The number of fused-ring (bicyclic) bond motifs is 1. The molecular weight excluding hydrogens is 212 g/mol. The Bertz CT molecular complexity index is 298. The van der Waals surface area contributed by atoms with Crippen LogP contribution < -0.4 is 0 Å². The molecule has 3 nitrogen and oxygen atoms in total. The third-order valence-electron chi connectivity index (χ3n) is 2.93. The van der Waals surface area contributed by atoms with Crippen LogP contribution in [0.4, 0.5) is 0 Å². The lowest BCUT2D eigenvalue weighted by atomic mass is 9.97. The van der Waals surface area contributed by atoms with Gasteiger partial charge in [0.15, 0.2) is 0 Å². The summed E-state index contributed by atoms with van der Waals surface area (Å²) in [5.74, 6) is 0.469. The van der Waals surface area contributed by atoms with Crippen LogP contribution in [0.5, 0.6) is 0 Å². The van der Waals surface area contributed by atoms with E-state index >= 15 is 0 Å². The second kappa shape index (κ2) is 4.47. The Morgan fingerprint density at radius 2 is 2.20 bits per heavy atom. The van der Waals surface area contributed by atoms with Gasteiger partial charge in [-0.05, 0) is 26.2 Å². The van der Waals surface area contributed by atoms with Gasteiger partial charge in [0.05, 0.1) is 7.11 Å². The van der Waals surface area contributed by atoms with E-state index in [1.165, 1.54) is 20.0 Å². The summed E-state index contributed by atoms with van der Waals surface area (Å²) >= 11 is 1.64. The molecule has 0 aromatic rings. The number of allylic oxidation sites excluding steroid dienone is 1. The zero-order chi connectivity index (χ0) is 10.8. The smallest absolute Gasteiger partial charge is 0.347 e. The van der Waals surface area contributed by atoms with E-state index in [0.29, 0.717) is 16.3 Å². The molecule has 1 saturated carbocycles. The van der Waals surface area contributed by atoms with Gasteiger partial charge in [0.25, 0.3) is 0 Å². The molecule has 2 rings (SSSR count). The highest BCUT2D eigenvalue weighted by Gasteiger charge is 2.35. The maximum atomic E-state index is 11.5. The number of methoxy groups -OCH3 is 1. The molecule has 0 saturated heterocycles. The molecule has 2 atom stereocenters. The van der Waals surface area contributed by atoms with Crippen molar-refractivity contribution in [3.63, 3.8) is 0 Å². The molecule has 0 spiro atoms. The van der Waals surface area contributed by atoms with Crippen molar-refractivity contribution in [3.05, 3.63) is 10.7 Å². The number of carbonyl (C=O) groups is 1.